The summed E-state index contributed by atoms with van der Waals surface area (Å²) in [6.45, 7) is 0. The summed E-state index contributed by atoms with van der Waals surface area (Å²) in [6.07, 6.45) is 2.16. The van der Waals surface area contributed by atoms with Crippen LogP contribution in [0.15, 0.2) is 54.6 Å². The van der Waals surface area contributed by atoms with Gasteiger partial charge in [-0.15, -0.1) is 0 Å². The zero-order chi connectivity index (χ0) is 15.4. The van der Waals surface area contributed by atoms with E-state index in [4.69, 9.17) is 4.74 Å². The largest absolute Gasteiger partial charge is 0.497 e. The summed E-state index contributed by atoms with van der Waals surface area (Å²) in [6, 6.07) is 17.3. The molecule has 4 nitrogen and oxygen atoms in total. The number of methoxy groups -OCH3 is 1. The zero-order valence-electron chi connectivity index (χ0n) is 12.6. The van der Waals surface area contributed by atoms with Crippen molar-refractivity contribution in [2.45, 2.75) is 24.9 Å². The first-order chi connectivity index (χ1) is 10.8. The maximum atomic E-state index is 12.5. The highest BCUT2D eigenvalue weighted by molar-refractivity contribution is 5.86. The molecule has 2 aromatic carbocycles. The predicted molar refractivity (Wildman–Crippen MR) is 87.0 cm³/mol. The number of amides is 1. The van der Waals surface area contributed by atoms with Crippen LogP contribution in [-0.2, 0) is 4.79 Å². The number of rotatable bonds is 6. The fourth-order valence-corrected chi connectivity index (χ4v) is 2.31. The second-order valence-electron chi connectivity index (χ2n) is 5.50. The zero-order valence-corrected chi connectivity index (χ0v) is 12.6. The highest BCUT2D eigenvalue weighted by Gasteiger charge is 2.28. The highest BCUT2D eigenvalue weighted by atomic mass is 16.5. The van der Waals surface area contributed by atoms with Gasteiger partial charge in [0, 0.05) is 11.7 Å². The van der Waals surface area contributed by atoms with E-state index in [0.717, 1.165) is 29.8 Å². The van der Waals surface area contributed by atoms with Crippen molar-refractivity contribution >= 4 is 11.6 Å². The Morgan fingerprint density at radius 2 is 1.77 bits per heavy atom. The number of benzene rings is 2. The molecule has 3 rings (SSSR count). The van der Waals surface area contributed by atoms with Gasteiger partial charge in [-0.2, -0.15) is 0 Å². The minimum atomic E-state index is -0.393. The fraction of sp³-hybridized carbons (Fsp3) is 0.278. The standard InChI is InChI=1S/C18H20N2O2/c1-22-16-11-9-14(10-12-16)19-17(13-5-3-2-4-6-13)18(21)20-15-7-8-15/h2-6,9-12,15,17,19H,7-8H2,1H3,(H,20,21). The van der Waals surface area contributed by atoms with Gasteiger partial charge in [0.25, 0.3) is 0 Å². The Morgan fingerprint density at radius 3 is 2.36 bits per heavy atom. The van der Waals surface area contributed by atoms with Crippen molar-refractivity contribution in [3.05, 3.63) is 60.2 Å². The molecule has 1 atom stereocenters. The predicted octanol–water partition coefficient (Wildman–Crippen LogP) is 3.13. The summed E-state index contributed by atoms with van der Waals surface area (Å²) >= 11 is 0. The number of hydrogen-bond acceptors (Lipinski definition) is 3. The van der Waals surface area contributed by atoms with Gasteiger partial charge >= 0.3 is 0 Å². The van der Waals surface area contributed by atoms with E-state index in [9.17, 15) is 4.79 Å². The fourth-order valence-electron chi connectivity index (χ4n) is 2.31. The summed E-state index contributed by atoms with van der Waals surface area (Å²) in [5.41, 5.74) is 1.84. The third kappa shape index (κ3) is 3.58. The number of ether oxygens (including phenoxy) is 1. The van der Waals surface area contributed by atoms with Gasteiger partial charge in [-0.25, -0.2) is 0 Å². The Balaban J connectivity index is 1.79. The van der Waals surface area contributed by atoms with E-state index in [0.29, 0.717) is 6.04 Å². The Hall–Kier alpha value is -2.49. The monoisotopic (exact) mass is 296 g/mol. The minimum Gasteiger partial charge on any atom is -0.497 e. The molecule has 22 heavy (non-hydrogen) atoms. The molecule has 1 saturated carbocycles. The van der Waals surface area contributed by atoms with Gasteiger partial charge < -0.3 is 15.4 Å². The highest BCUT2D eigenvalue weighted by Crippen LogP contribution is 2.24. The van der Waals surface area contributed by atoms with E-state index >= 15 is 0 Å². The second-order valence-corrected chi connectivity index (χ2v) is 5.50. The molecule has 1 amide bonds. The molecule has 0 radical (unpaired) electrons. The lowest BCUT2D eigenvalue weighted by Crippen LogP contribution is -2.34. The Morgan fingerprint density at radius 1 is 1.09 bits per heavy atom. The Labute approximate surface area is 130 Å². The molecule has 0 saturated heterocycles. The molecule has 0 spiro atoms. The number of carbonyl (C=O) groups is 1. The first-order valence-electron chi connectivity index (χ1n) is 7.52. The topological polar surface area (TPSA) is 50.4 Å². The number of anilines is 1. The van der Waals surface area contributed by atoms with Crippen LogP contribution in [0.5, 0.6) is 5.75 Å². The maximum Gasteiger partial charge on any atom is 0.247 e. The van der Waals surface area contributed by atoms with Gasteiger partial charge in [-0.05, 0) is 42.7 Å². The van der Waals surface area contributed by atoms with Crippen molar-refractivity contribution in [3.63, 3.8) is 0 Å². The maximum absolute atomic E-state index is 12.5. The second kappa shape index (κ2) is 6.52. The van der Waals surface area contributed by atoms with Crippen LogP contribution < -0.4 is 15.4 Å². The van der Waals surface area contributed by atoms with Crippen LogP contribution in [0.1, 0.15) is 24.4 Å². The number of hydrogen-bond donors (Lipinski definition) is 2. The molecule has 4 heteroatoms. The summed E-state index contributed by atoms with van der Waals surface area (Å²) in [5, 5.41) is 6.38. The lowest BCUT2D eigenvalue weighted by atomic mass is 10.1. The molecule has 1 aliphatic rings. The molecule has 2 aromatic rings. The molecule has 2 N–H and O–H groups in total. The first-order valence-corrected chi connectivity index (χ1v) is 7.52. The van der Waals surface area contributed by atoms with Crippen LogP contribution in [0, 0.1) is 0 Å². The molecule has 0 aliphatic heterocycles. The number of nitrogens with one attached hydrogen (secondary N) is 2. The Kier molecular flexibility index (Phi) is 4.28. The van der Waals surface area contributed by atoms with Gasteiger partial charge in [-0.3, -0.25) is 4.79 Å². The molecule has 1 aliphatic carbocycles. The molecule has 0 heterocycles. The molecular weight excluding hydrogens is 276 g/mol. The van der Waals surface area contributed by atoms with Crippen LogP contribution in [-0.4, -0.2) is 19.1 Å². The summed E-state index contributed by atoms with van der Waals surface area (Å²) in [5.74, 6) is 0.814. The quantitative estimate of drug-likeness (QED) is 0.861. The van der Waals surface area contributed by atoms with E-state index in [1.165, 1.54) is 0 Å². The van der Waals surface area contributed by atoms with E-state index in [2.05, 4.69) is 10.6 Å². The third-order valence-corrected chi connectivity index (χ3v) is 3.72. The van der Waals surface area contributed by atoms with E-state index in [1.54, 1.807) is 7.11 Å². The third-order valence-electron chi connectivity index (χ3n) is 3.72. The van der Waals surface area contributed by atoms with Crippen LogP contribution in [0.25, 0.3) is 0 Å². The Bertz CT molecular complexity index is 621. The number of carbonyl (C=O) groups excluding carboxylic acids is 1. The summed E-state index contributed by atoms with van der Waals surface area (Å²) in [4.78, 5) is 12.5. The van der Waals surface area contributed by atoms with Crippen LogP contribution >= 0.6 is 0 Å². The molecule has 1 unspecified atom stereocenters. The van der Waals surface area contributed by atoms with Crippen molar-refractivity contribution in [1.82, 2.24) is 5.32 Å². The van der Waals surface area contributed by atoms with E-state index < -0.39 is 6.04 Å². The average Bonchev–Trinajstić information content (AvgIpc) is 3.38. The van der Waals surface area contributed by atoms with Crippen molar-refractivity contribution in [2.75, 3.05) is 12.4 Å². The van der Waals surface area contributed by atoms with Crippen molar-refractivity contribution in [3.8, 4) is 5.75 Å². The normalized spacial score (nSPS) is 15.0. The van der Waals surface area contributed by atoms with Gasteiger partial charge in [0.15, 0.2) is 0 Å². The van der Waals surface area contributed by atoms with Gasteiger partial charge in [0.2, 0.25) is 5.91 Å². The minimum absolute atomic E-state index is 0.0181. The average molecular weight is 296 g/mol. The molecule has 0 aromatic heterocycles. The summed E-state index contributed by atoms with van der Waals surface area (Å²) in [7, 11) is 1.64. The van der Waals surface area contributed by atoms with Gasteiger partial charge in [0.1, 0.15) is 11.8 Å². The molecule has 1 fully saturated rings. The van der Waals surface area contributed by atoms with E-state index in [-0.39, 0.29) is 5.91 Å². The van der Waals surface area contributed by atoms with Crippen LogP contribution in [0.4, 0.5) is 5.69 Å². The van der Waals surface area contributed by atoms with Gasteiger partial charge in [0.05, 0.1) is 7.11 Å². The summed E-state index contributed by atoms with van der Waals surface area (Å²) < 4.78 is 5.16. The lowest BCUT2D eigenvalue weighted by Gasteiger charge is -2.20. The lowest BCUT2D eigenvalue weighted by molar-refractivity contribution is -0.122. The molecule has 114 valence electrons. The first kappa shape index (κ1) is 14.4. The van der Waals surface area contributed by atoms with Crippen molar-refractivity contribution in [2.24, 2.45) is 0 Å². The van der Waals surface area contributed by atoms with Gasteiger partial charge in [-0.1, -0.05) is 30.3 Å². The van der Waals surface area contributed by atoms with Crippen LogP contribution in [0.3, 0.4) is 0 Å². The van der Waals surface area contributed by atoms with Crippen LogP contribution in [0.2, 0.25) is 0 Å². The smallest absolute Gasteiger partial charge is 0.247 e. The van der Waals surface area contributed by atoms with E-state index in [1.807, 2.05) is 54.6 Å². The van der Waals surface area contributed by atoms with Crippen molar-refractivity contribution < 1.29 is 9.53 Å². The van der Waals surface area contributed by atoms with Crippen molar-refractivity contribution in [1.29, 1.82) is 0 Å². The SMILES string of the molecule is COc1ccc(NC(C(=O)NC2CC2)c2ccccc2)cc1. The molecule has 0 bridgehead atoms. The molecular formula is C18H20N2O2.